The van der Waals surface area contributed by atoms with Crippen LogP contribution in [-0.2, 0) is 11.2 Å². The van der Waals surface area contributed by atoms with Gasteiger partial charge in [0.15, 0.2) is 11.5 Å². The van der Waals surface area contributed by atoms with E-state index in [0.717, 1.165) is 23.4 Å². The second-order valence-electron chi connectivity index (χ2n) is 6.82. The standard InChI is InChI=1S/C20H23N3O4S/c1-26-15-10-13-5-7-22(12-18(24)23-8-6-21-20(23)25)19(17-4-3-9-28-17)14(13)11-16(15)27-2/h3-4,9-11,19H,5-8,12H2,1-2H3,(H,21,25). The van der Waals surface area contributed by atoms with Crippen molar-refractivity contribution in [3.05, 3.63) is 45.6 Å². The highest BCUT2D eigenvalue weighted by Crippen LogP contribution is 2.42. The third-order valence-corrected chi connectivity index (χ3v) is 6.21. The maximum absolute atomic E-state index is 12.8. The third-order valence-electron chi connectivity index (χ3n) is 5.28. The number of nitrogens with one attached hydrogen (secondary N) is 1. The van der Waals surface area contributed by atoms with E-state index in [1.54, 1.807) is 25.6 Å². The Hall–Kier alpha value is -2.58. The largest absolute Gasteiger partial charge is 0.493 e. The number of hydrogen-bond donors (Lipinski definition) is 1. The molecule has 1 aromatic heterocycles. The minimum Gasteiger partial charge on any atom is -0.493 e. The number of hydrogen-bond acceptors (Lipinski definition) is 6. The van der Waals surface area contributed by atoms with Gasteiger partial charge in [-0.2, -0.15) is 0 Å². The lowest BCUT2D eigenvalue weighted by Gasteiger charge is -2.37. The number of methoxy groups -OCH3 is 2. The Morgan fingerprint density at radius 1 is 1.25 bits per heavy atom. The van der Waals surface area contributed by atoms with Crippen molar-refractivity contribution in [1.82, 2.24) is 15.1 Å². The van der Waals surface area contributed by atoms with Gasteiger partial charge in [0, 0.05) is 24.5 Å². The molecule has 0 saturated carbocycles. The summed E-state index contributed by atoms with van der Waals surface area (Å²) in [5.41, 5.74) is 2.31. The van der Waals surface area contributed by atoms with Gasteiger partial charge in [0.25, 0.3) is 0 Å². The average molecular weight is 401 g/mol. The van der Waals surface area contributed by atoms with E-state index in [1.165, 1.54) is 10.5 Å². The molecule has 1 atom stereocenters. The number of amides is 3. The van der Waals surface area contributed by atoms with Crippen LogP contribution in [0.1, 0.15) is 22.0 Å². The summed E-state index contributed by atoms with van der Waals surface area (Å²) in [6.07, 6.45) is 0.803. The molecule has 1 aromatic carbocycles. The van der Waals surface area contributed by atoms with Gasteiger partial charge in [-0.1, -0.05) is 6.07 Å². The minimum atomic E-state index is -0.304. The molecule has 2 aliphatic heterocycles. The van der Waals surface area contributed by atoms with E-state index >= 15 is 0 Å². The predicted octanol–water partition coefficient (Wildman–Crippen LogP) is 2.26. The molecule has 3 heterocycles. The zero-order valence-electron chi connectivity index (χ0n) is 15.9. The Kier molecular flexibility index (Phi) is 5.23. The number of fused-ring (bicyclic) bond motifs is 1. The number of carbonyl (C=O) groups excluding carboxylic acids is 2. The van der Waals surface area contributed by atoms with Gasteiger partial charge in [-0.3, -0.25) is 14.6 Å². The summed E-state index contributed by atoms with van der Waals surface area (Å²) in [6.45, 7) is 1.87. The minimum absolute atomic E-state index is 0.0572. The Morgan fingerprint density at radius 2 is 2.04 bits per heavy atom. The predicted molar refractivity (Wildman–Crippen MR) is 106 cm³/mol. The van der Waals surface area contributed by atoms with Crippen LogP contribution >= 0.6 is 11.3 Å². The van der Waals surface area contributed by atoms with Crippen LogP contribution in [0, 0.1) is 0 Å². The number of nitrogens with zero attached hydrogens (tertiary/aromatic N) is 2. The molecule has 0 bridgehead atoms. The van der Waals surface area contributed by atoms with Crippen molar-refractivity contribution in [2.24, 2.45) is 0 Å². The van der Waals surface area contributed by atoms with E-state index in [9.17, 15) is 9.59 Å². The summed E-state index contributed by atoms with van der Waals surface area (Å²) in [4.78, 5) is 29.2. The van der Waals surface area contributed by atoms with Crippen molar-refractivity contribution in [2.45, 2.75) is 12.5 Å². The first-order chi connectivity index (χ1) is 13.6. The lowest BCUT2D eigenvalue weighted by Crippen LogP contribution is -2.45. The van der Waals surface area contributed by atoms with Crippen LogP contribution in [0.25, 0.3) is 0 Å². The summed E-state index contributed by atoms with van der Waals surface area (Å²) in [5.74, 6) is 1.22. The normalized spacial score (nSPS) is 19.3. The van der Waals surface area contributed by atoms with Crippen molar-refractivity contribution in [3.63, 3.8) is 0 Å². The Labute approximate surface area is 167 Å². The SMILES string of the molecule is COc1cc2c(cc1OC)C(c1cccs1)N(CC(=O)N1CCNC1=O)CC2. The van der Waals surface area contributed by atoms with Gasteiger partial charge in [-0.05, 0) is 41.1 Å². The third kappa shape index (κ3) is 3.33. The molecule has 0 radical (unpaired) electrons. The molecular weight excluding hydrogens is 378 g/mol. The molecule has 3 amide bonds. The van der Waals surface area contributed by atoms with E-state index in [0.29, 0.717) is 24.6 Å². The number of thiophene rings is 1. The summed E-state index contributed by atoms with van der Waals surface area (Å²) in [5, 5.41) is 4.73. The zero-order valence-corrected chi connectivity index (χ0v) is 16.8. The van der Waals surface area contributed by atoms with Gasteiger partial charge in [0.2, 0.25) is 5.91 Å². The molecule has 4 rings (SSSR count). The zero-order chi connectivity index (χ0) is 19.7. The molecule has 8 heteroatoms. The molecule has 2 aliphatic rings. The molecule has 1 N–H and O–H groups in total. The van der Waals surface area contributed by atoms with E-state index in [1.807, 2.05) is 23.6 Å². The maximum atomic E-state index is 12.8. The van der Waals surface area contributed by atoms with Gasteiger partial charge in [-0.15, -0.1) is 11.3 Å². The monoisotopic (exact) mass is 401 g/mol. The lowest BCUT2D eigenvalue weighted by atomic mass is 9.91. The van der Waals surface area contributed by atoms with Crippen LogP contribution in [0.4, 0.5) is 4.79 Å². The van der Waals surface area contributed by atoms with Crippen LogP contribution in [-0.4, -0.2) is 62.1 Å². The van der Waals surface area contributed by atoms with Crippen LogP contribution in [0.3, 0.4) is 0 Å². The fourth-order valence-corrected chi connectivity index (χ4v) is 4.79. The number of ether oxygens (including phenoxy) is 2. The number of rotatable bonds is 5. The van der Waals surface area contributed by atoms with Crippen molar-refractivity contribution in [2.75, 3.05) is 40.4 Å². The number of urea groups is 1. The molecule has 0 spiro atoms. The number of benzene rings is 1. The van der Waals surface area contributed by atoms with Gasteiger partial charge >= 0.3 is 6.03 Å². The Morgan fingerprint density at radius 3 is 2.68 bits per heavy atom. The second-order valence-corrected chi connectivity index (χ2v) is 7.80. The van der Waals surface area contributed by atoms with Crippen LogP contribution < -0.4 is 14.8 Å². The van der Waals surface area contributed by atoms with Crippen molar-refractivity contribution < 1.29 is 19.1 Å². The van der Waals surface area contributed by atoms with Crippen molar-refractivity contribution in [3.8, 4) is 11.5 Å². The van der Waals surface area contributed by atoms with Crippen molar-refractivity contribution >= 4 is 23.3 Å². The average Bonchev–Trinajstić information content (AvgIpc) is 3.38. The fourth-order valence-electron chi connectivity index (χ4n) is 3.92. The molecule has 2 aromatic rings. The highest BCUT2D eigenvalue weighted by Gasteiger charge is 2.34. The smallest absolute Gasteiger partial charge is 0.324 e. The summed E-state index contributed by atoms with van der Waals surface area (Å²) in [7, 11) is 3.26. The summed E-state index contributed by atoms with van der Waals surface area (Å²) in [6, 6.07) is 7.78. The van der Waals surface area contributed by atoms with Crippen LogP contribution in [0.5, 0.6) is 11.5 Å². The summed E-state index contributed by atoms with van der Waals surface area (Å²) < 4.78 is 11.0. The highest BCUT2D eigenvalue weighted by molar-refractivity contribution is 7.10. The van der Waals surface area contributed by atoms with Gasteiger partial charge in [0.1, 0.15) is 0 Å². The lowest BCUT2D eigenvalue weighted by molar-refractivity contribution is -0.129. The first-order valence-electron chi connectivity index (χ1n) is 9.22. The van der Waals surface area contributed by atoms with E-state index < -0.39 is 0 Å². The first-order valence-corrected chi connectivity index (χ1v) is 10.1. The maximum Gasteiger partial charge on any atom is 0.324 e. The molecule has 1 saturated heterocycles. The highest BCUT2D eigenvalue weighted by atomic mass is 32.1. The second kappa shape index (κ2) is 7.81. The Bertz CT molecular complexity index is 884. The molecule has 1 fully saturated rings. The molecule has 28 heavy (non-hydrogen) atoms. The van der Waals surface area contributed by atoms with Crippen molar-refractivity contribution in [1.29, 1.82) is 0 Å². The van der Waals surface area contributed by atoms with Gasteiger partial charge in [-0.25, -0.2) is 4.79 Å². The topological polar surface area (TPSA) is 71.1 Å². The number of carbonyl (C=O) groups is 2. The van der Waals surface area contributed by atoms with E-state index in [-0.39, 0.29) is 24.5 Å². The van der Waals surface area contributed by atoms with Gasteiger partial charge < -0.3 is 14.8 Å². The summed E-state index contributed by atoms with van der Waals surface area (Å²) >= 11 is 1.66. The molecule has 148 valence electrons. The van der Waals surface area contributed by atoms with Crippen LogP contribution in [0.15, 0.2) is 29.6 Å². The van der Waals surface area contributed by atoms with E-state index in [4.69, 9.17) is 9.47 Å². The Balaban J connectivity index is 1.69. The molecular formula is C20H23N3O4S. The van der Waals surface area contributed by atoms with E-state index in [2.05, 4.69) is 16.3 Å². The molecule has 0 aliphatic carbocycles. The fraction of sp³-hybridized carbons (Fsp3) is 0.400. The first kappa shape index (κ1) is 18.8. The molecule has 1 unspecified atom stereocenters. The van der Waals surface area contributed by atoms with Gasteiger partial charge in [0.05, 0.1) is 26.8 Å². The van der Waals surface area contributed by atoms with Crippen LogP contribution in [0.2, 0.25) is 0 Å². The quantitative estimate of drug-likeness (QED) is 0.832. The molecule has 7 nitrogen and oxygen atoms in total. The number of imide groups is 1.